The second kappa shape index (κ2) is 7.69. The number of amides is 1. The van der Waals surface area contributed by atoms with Crippen molar-refractivity contribution in [1.82, 2.24) is 24.9 Å². The number of rotatable bonds is 7. The van der Waals surface area contributed by atoms with E-state index in [0.29, 0.717) is 17.9 Å². The fraction of sp³-hybridized carbons (Fsp3) is 0.381. The van der Waals surface area contributed by atoms with Crippen LogP contribution in [0.1, 0.15) is 46.0 Å². The quantitative estimate of drug-likeness (QED) is 0.664. The minimum Gasteiger partial charge on any atom is -0.484 e. The van der Waals surface area contributed by atoms with Gasteiger partial charge in [0.1, 0.15) is 6.61 Å². The first-order valence-corrected chi connectivity index (χ1v) is 9.65. The molecule has 2 aromatic heterocycles. The van der Waals surface area contributed by atoms with Crippen molar-refractivity contribution in [1.29, 1.82) is 0 Å². The van der Waals surface area contributed by atoms with Crippen LogP contribution in [-0.2, 0) is 20.2 Å². The molecule has 1 saturated carbocycles. The predicted octanol–water partition coefficient (Wildman–Crippen LogP) is 3.28. The Morgan fingerprint density at radius 1 is 1.34 bits per heavy atom. The fourth-order valence-corrected chi connectivity index (χ4v) is 3.38. The minimum absolute atomic E-state index is 0.103. The summed E-state index contributed by atoms with van der Waals surface area (Å²) >= 11 is 0. The van der Waals surface area contributed by atoms with Crippen LogP contribution in [0.3, 0.4) is 0 Å². The number of aryl methyl sites for hydroxylation is 2. The summed E-state index contributed by atoms with van der Waals surface area (Å²) in [6, 6.07) is 8.11. The van der Waals surface area contributed by atoms with E-state index < -0.39 is 5.82 Å². The SMILES string of the molecule is Cc1nn(C)c(C)c1CN(C(=O)c1cc(COc2ccccc2F)[nH]n1)C1CC1. The molecule has 0 saturated heterocycles. The molecule has 0 atom stereocenters. The van der Waals surface area contributed by atoms with Gasteiger partial charge in [0.05, 0.1) is 11.4 Å². The third kappa shape index (κ3) is 4.01. The zero-order chi connectivity index (χ0) is 20.5. The monoisotopic (exact) mass is 397 g/mol. The van der Waals surface area contributed by atoms with Crippen LogP contribution in [-0.4, -0.2) is 36.8 Å². The first kappa shape index (κ1) is 19.2. The molecule has 7 nitrogen and oxygen atoms in total. The number of hydrogen-bond acceptors (Lipinski definition) is 4. The van der Waals surface area contributed by atoms with Crippen molar-refractivity contribution < 1.29 is 13.9 Å². The number of para-hydroxylation sites is 1. The summed E-state index contributed by atoms with van der Waals surface area (Å²) in [6.07, 6.45) is 2.00. The van der Waals surface area contributed by atoms with E-state index in [1.807, 2.05) is 30.5 Å². The maximum absolute atomic E-state index is 13.7. The molecule has 1 aliphatic rings. The smallest absolute Gasteiger partial charge is 0.274 e. The Morgan fingerprint density at radius 2 is 2.10 bits per heavy atom. The highest BCUT2D eigenvalue weighted by molar-refractivity contribution is 5.92. The van der Waals surface area contributed by atoms with Gasteiger partial charge in [0.25, 0.3) is 5.91 Å². The van der Waals surface area contributed by atoms with E-state index in [1.165, 1.54) is 6.07 Å². The molecule has 0 unspecified atom stereocenters. The molecule has 0 spiro atoms. The Hall–Kier alpha value is -3.16. The molecule has 1 aliphatic carbocycles. The molecule has 0 aliphatic heterocycles. The fourth-order valence-electron chi connectivity index (χ4n) is 3.38. The van der Waals surface area contributed by atoms with Crippen molar-refractivity contribution in [3.63, 3.8) is 0 Å². The first-order chi connectivity index (χ1) is 13.9. The van der Waals surface area contributed by atoms with Gasteiger partial charge in [-0.25, -0.2) is 4.39 Å². The summed E-state index contributed by atoms with van der Waals surface area (Å²) in [5.74, 6) is -0.383. The number of carbonyl (C=O) groups is 1. The Labute approximate surface area is 168 Å². The highest BCUT2D eigenvalue weighted by atomic mass is 19.1. The van der Waals surface area contributed by atoms with Gasteiger partial charge in [0.15, 0.2) is 17.3 Å². The largest absolute Gasteiger partial charge is 0.484 e. The molecule has 0 bridgehead atoms. The van der Waals surface area contributed by atoms with E-state index in [0.717, 1.165) is 29.8 Å². The molecule has 29 heavy (non-hydrogen) atoms. The zero-order valence-electron chi connectivity index (χ0n) is 16.8. The van der Waals surface area contributed by atoms with Crippen molar-refractivity contribution in [2.75, 3.05) is 0 Å². The van der Waals surface area contributed by atoms with Gasteiger partial charge in [-0.15, -0.1) is 0 Å². The third-order valence-electron chi connectivity index (χ3n) is 5.31. The third-order valence-corrected chi connectivity index (χ3v) is 5.31. The van der Waals surface area contributed by atoms with Crippen LogP contribution in [0.4, 0.5) is 4.39 Å². The van der Waals surface area contributed by atoms with Crippen LogP contribution in [0, 0.1) is 19.7 Å². The van der Waals surface area contributed by atoms with Crippen molar-refractivity contribution in [3.05, 3.63) is 64.5 Å². The lowest BCUT2D eigenvalue weighted by atomic mass is 10.1. The Kier molecular flexibility index (Phi) is 5.08. The second-order valence-corrected chi connectivity index (χ2v) is 7.43. The van der Waals surface area contributed by atoms with E-state index in [9.17, 15) is 9.18 Å². The number of H-pyrrole nitrogens is 1. The number of aromatic amines is 1. The number of hydrogen-bond donors (Lipinski definition) is 1. The van der Waals surface area contributed by atoms with Crippen LogP contribution >= 0.6 is 0 Å². The van der Waals surface area contributed by atoms with E-state index in [1.54, 1.807) is 24.3 Å². The lowest BCUT2D eigenvalue weighted by Gasteiger charge is -2.21. The number of benzene rings is 1. The minimum atomic E-state index is -0.426. The highest BCUT2D eigenvalue weighted by Crippen LogP contribution is 2.31. The second-order valence-electron chi connectivity index (χ2n) is 7.43. The molecule has 4 rings (SSSR count). The van der Waals surface area contributed by atoms with E-state index >= 15 is 0 Å². The maximum atomic E-state index is 13.7. The number of nitrogens with zero attached hydrogens (tertiary/aromatic N) is 4. The van der Waals surface area contributed by atoms with Gasteiger partial charge in [-0.1, -0.05) is 12.1 Å². The average Bonchev–Trinajstić information content (AvgIpc) is 3.37. The van der Waals surface area contributed by atoms with Gasteiger partial charge >= 0.3 is 0 Å². The number of carbonyl (C=O) groups excluding carboxylic acids is 1. The predicted molar refractivity (Wildman–Crippen MR) is 105 cm³/mol. The Morgan fingerprint density at radius 3 is 2.76 bits per heavy atom. The van der Waals surface area contributed by atoms with Gasteiger partial charge in [0, 0.05) is 30.9 Å². The Balaban J connectivity index is 1.47. The standard InChI is InChI=1S/C21H24FN5O2/c1-13-17(14(2)26(3)25-13)11-27(16-8-9-16)21(28)19-10-15(23-24-19)12-29-20-7-5-4-6-18(20)22/h4-7,10,16H,8-9,11-12H2,1-3H3,(H,23,24). The lowest BCUT2D eigenvalue weighted by molar-refractivity contribution is 0.0723. The molecule has 1 fully saturated rings. The molecule has 0 radical (unpaired) electrons. The Bertz CT molecular complexity index is 1040. The molecule has 1 aromatic carbocycles. The molecular weight excluding hydrogens is 373 g/mol. The van der Waals surface area contributed by atoms with Gasteiger partial charge in [-0.05, 0) is 44.9 Å². The summed E-state index contributed by atoms with van der Waals surface area (Å²) in [7, 11) is 1.91. The molecule has 152 valence electrons. The highest BCUT2D eigenvalue weighted by Gasteiger charge is 2.35. The van der Waals surface area contributed by atoms with Crippen molar-refractivity contribution in [2.45, 2.75) is 45.9 Å². The molecule has 2 heterocycles. The number of ether oxygens (including phenoxy) is 1. The molecular formula is C21H24FN5O2. The molecule has 1 amide bonds. The normalized spacial score (nSPS) is 13.5. The van der Waals surface area contributed by atoms with Crippen LogP contribution in [0.2, 0.25) is 0 Å². The summed E-state index contributed by atoms with van der Waals surface area (Å²) in [6.45, 7) is 4.59. The zero-order valence-corrected chi connectivity index (χ0v) is 16.8. The van der Waals surface area contributed by atoms with Gasteiger partial charge in [-0.2, -0.15) is 10.2 Å². The van der Waals surface area contributed by atoms with Gasteiger partial charge in [-0.3, -0.25) is 14.6 Å². The van der Waals surface area contributed by atoms with Crippen molar-refractivity contribution in [2.24, 2.45) is 7.05 Å². The number of nitrogens with one attached hydrogen (secondary N) is 1. The maximum Gasteiger partial charge on any atom is 0.274 e. The van der Waals surface area contributed by atoms with Crippen molar-refractivity contribution >= 4 is 5.91 Å². The summed E-state index contributed by atoms with van der Waals surface area (Å²) in [4.78, 5) is 15.0. The molecule has 8 heteroatoms. The van der Waals surface area contributed by atoms with E-state index in [4.69, 9.17) is 4.74 Å². The van der Waals surface area contributed by atoms with Crippen LogP contribution in [0.25, 0.3) is 0 Å². The first-order valence-electron chi connectivity index (χ1n) is 9.65. The lowest BCUT2D eigenvalue weighted by Crippen LogP contribution is -2.33. The summed E-state index contributed by atoms with van der Waals surface area (Å²) < 4.78 is 21.0. The number of aromatic nitrogens is 4. The average molecular weight is 397 g/mol. The van der Waals surface area contributed by atoms with Gasteiger partial charge in [0.2, 0.25) is 0 Å². The van der Waals surface area contributed by atoms with Crippen molar-refractivity contribution in [3.8, 4) is 5.75 Å². The van der Waals surface area contributed by atoms with Crippen LogP contribution in [0.5, 0.6) is 5.75 Å². The van der Waals surface area contributed by atoms with Crippen LogP contribution in [0.15, 0.2) is 30.3 Å². The summed E-state index contributed by atoms with van der Waals surface area (Å²) in [5.41, 5.74) is 4.02. The number of halogens is 1. The summed E-state index contributed by atoms with van der Waals surface area (Å²) in [5, 5.41) is 11.4. The van der Waals surface area contributed by atoms with Gasteiger partial charge < -0.3 is 9.64 Å². The molecule has 3 aromatic rings. The van der Waals surface area contributed by atoms with E-state index in [-0.39, 0.29) is 24.3 Å². The topological polar surface area (TPSA) is 76.0 Å². The van der Waals surface area contributed by atoms with Crippen LogP contribution < -0.4 is 4.74 Å². The van der Waals surface area contributed by atoms with E-state index in [2.05, 4.69) is 15.3 Å². The molecule has 1 N–H and O–H groups in total.